The van der Waals surface area contributed by atoms with E-state index in [4.69, 9.17) is 11.6 Å². The van der Waals surface area contributed by atoms with Gasteiger partial charge in [0.15, 0.2) is 0 Å². The highest BCUT2D eigenvalue weighted by Crippen LogP contribution is 2.28. The highest BCUT2D eigenvalue weighted by atomic mass is 35.5. The van der Waals surface area contributed by atoms with E-state index in [0.29, 0.717) is 10.6 Å². The molecule has 1 amide bonds. The smallest absolute Gasteiger partial charge is 0.254 e. The van der Waals surface area contributed by atoms with E-state index in [2.05, 4.69) is 10.3 Å². The minimum absolute atomic E-state index is 0.120. The van der Waals surface area contributed by atoms with Gasteiger partial charge >= 0.3 is 0 Å². The van der Waals surface area contributed by atoms with Crippen molar-refractivity contribution in [3.8, 4) is 11.3 Å². The Morgan fingerprint density at radius 2 is 2.04 bits per heavy atom. The molecule has 1 aromatic carbocycles. The van der Waals surface area contributed by atoms with E-state index in [0.717, 1.165) is 41.9 Å². The zero-order chi connectivity index (χ0) is 17.8. The summed E-state index contributed by atoms with van der Waals surface area (Å²) in [6, 6.07) is 5.31. The third kappa shape index (κ3) is 4.60. The Balaban J connectivity index is 1.74. The van der Waals surface area contributed by atoms with Gasteiger partial charge in [0, 0.05) is 16.9 Å². The minimum atomic E-state index is -0.827. The summed E-state index contributed by atoms with van der Waals surface area (Å²) >= 11 is 7.78. The predicted octanol–water partition coefficient (Wildman–Crippen LogP) is 4.79. The minimum Gasteiger partial charge on any atom is -0.373 e. The molecule has 2 N–H and O–H groups in total. The van der Waals surface area contributed by atoms with E-state index >= 15 is 0 Å². The number of thiazole rings is 1. The van der Waals surface area contributed by atoms with Gasteiger partial charge in [-0.3, -0.25) is 4.79 Å². The molecule has 6 heteroatoms. The zero-order valence-electron chi connectivity index (χ0n) is 14.3. The Hall–Kier alpha value is -1.43. The fraction of sp³-hybridized carbons (Fsp3) is 0.474. The molecule has 134 valence electrons. The molecular formula is C19H23ClN2O2S. The molecular weight excluding hydrogens is 356 g/mol. The highest BCUT2D eigenvalue weighted by Gasteiger charge is 2.23. The van der Waals surface area contributed by atoms with Crippen molar-refractivity contribution in [3.05, 3.63) is 39.2 Å². The topological polar surface area (TPSA) is 62.2 Å². The Bertz CT molecular complexity index is 739. The average molecular weight is 379 g/mol. The molecule has 1 aromatic heterocycles. The number of aliphatic hydroxyl groups is 1. The van der Waals surface area contributed by atoms with E-state index in [-0.39, 0.29) is 11.8 Å². The van der Waals surface area contributed by atoms with Gasteiger partial charge in [-0.25, -0.2) is 4.98 Å². The normalized spacial score (nSPS) is 17.1. The highest BCUT2D eigenvalue weighted by molar-refractivity contribution is 7.09. The summed E-state index contributed by atoms with van der Waals surface area (Å²) in [5.74, 6) is -0.217. The van der Waals surface area contributed by atoms with E-state index in [1.165, 1.54) is 12.8 Å². The first-order chi connectivity index (χ1) is 12.0. The van der Waals surface area contributed by atoms with Gasteiger partial charge in [0.2, 0.25) is 0 Å². The number of benzene rings is 1. The van der Waals surface area contributed by atoms with Gasteiger partial charge in [-0.1, -0.05) is 43.4 Å². The average Bonchev–Trinajstić information content (AvgIpc) is 2.85. The number of rotatable bonds is 4. The van der Waals surface area contributed by atoms with Crippen LogP contribution in [0.15, 0.2) is 23.6 Å². The second-order valence-corrected chi connectivity index (χ2v) is 8.09. The number of carbonyl (C=O) groups is 1. The molecule has 0 radical (unpaired) electrons. The molecule has 1 saturated carbocycles. The largest absolute Gasteiger partial charge is 0.373 e. The maximum atomic E-state index is 12.6. The van der Waals surface area contributed by atoms with Crippen molar-refractivity contribution < 1.29 is 9.90 Å². The Morgan fingerprint density at radius 1 is 1.32 bits per heavy atom. The molecule has 2 aromatic rings. The maximum absolute atomic E-state index is 12.6. The van der Waals surface area contributed by atoms with Gasteiger partial charge in [0.05, 0.1) is 21.3 Å². The molecule has 0 aliphatic heterocycles. The molecule has 4 nitrogen and oxygen atoms in total. The van der Waals surface area contributed by atoms with Crippen LogP contribution in [0.3, 0.4) is 0 Å². The second-order valence-electron chi connectivity index (χ2n) is 6.62. The van der Waals surface area contributed by atoms with Crippen LogP contribution in [0.25, 0.3) is 11.3 Å². The van der Waals surface area contributed by atoms with Gasteiger partial charge in [0.25, 0.3) is 5.91 Å². The van der Waals surface area contributed by atoms with Crippen molar-refractivity contribution >= 4 is 28.8 Å². The maximum Gasteiger partial charge on any atom is 0.254 e. The quantitative estimate of drug-likeness (QED) is 0.593. The molecule has 0 spiro atoms. The van der Waals surface area contributed by atoms with Gasteiger partial charge in [-0.05, 0) is 31.9 Å². The van der Waals surface area contributed by atoms with Crippen LogP contribution in [0, 0.1) is 12.8 Å². The van der Waals surface area contributed by atoms with E-state index < -0.39 is 6.23 Å². The Kier molecular flexibility index (Phi) is 6.10. The fourth-order valence-corrected chi connectivity index (χ4v) is 4.14. The second kappa shape index (κ2) is 8.30. The number of nitrogens with one attached hydrogen (secondary N) is 1. The van der Waals surface area contributed by atoms with Crippen molar-refractivity contribution in [2.45, 2.75) is 51.7 Å². The van der Waals surface area contributed by atoms with Crippen LogP contribution in [0.2, 0.25) is 5.02 Å². The summed E-state index contributed by atoms with van der Waals surface area (Å²) in [6.45, 7) is 1.95. The number of hydrogen-bond donors (Lipinski definition) is 2. The molecule has 1 heterocycles. The van der Waals surface area contributed by atoms with Crippen LogP contribution < -0.4 is 5.32 Å². The summed E-state index contributed by atoms with van der Waals surface area (Å²) in [5.41, 5.74) is 2.05. The third-order valence-corrected chi connectivity index (χ3v) is 5.85. The number of aryl methyl sites for hydroxylation is 1. The molecule has 1 aliphatic carbocycles. The summed E-state index contributed by atoms with van der Waals surface area (Å²) in [5, 5.41) is 16.5. The number of hydrogen-bond acceptors (Lipinski definition) is 4. The number of aliphatic hydroxyl groups excluding tert-OH is 1. The monoisotopic (exact) mass is 378 g/mol. The molecule has 0 saturated heterocycles. The Labute approximate surface area is 157 Å². The molecule has 1 atom stereocenters. The molecule has 0 bridgehead atoms. The van der Waals surface area contributed by atoms with Crippen molar-refractivity contribution in [1.82, 2.24) is 10.3 Å². The SMILES string of the molecule is Cc1nc(-c2ccc(Cl)c(C(=O)NC(O)C3CCCCCC3)c2)cs1. The molecule has 1 unspecified atom stereocenters. The third-order valence-electron chi connectivity index (χ3n) is 4.75. The zero-order valence-corrected chi connectivity index (χ0v) is 15.9. The standard InChI is InChI=1S/C19H23ClN2O2S/c1-12-21-17(11-25-12)14-8-9-16(20)15(10-14)19(24)22-18(23)13-6-4-2-3-5-7-13/h8-11,13,18,23H,2-7H2,1H3,(H,22,24). The van der Waals surface area contributed by atoms with Gasteiger partial charge in [-0.15, -0.1) is 11.3 Å². The molecule has 25 heavy (non-hydrogen) atoms. The van der Waals surface area contributed by atoms with Crippen LogP contribution >= 0.6 is 22.9 Å². The fourth-order valence-electron chi connectivity index (χ4n) is 3.31. The first kappa shape index (κ1) is 18.4. The van der Waals surface area contributed by atoms with Crippen LogP contribution in [-0.2, 0) is 0 Å². The number of carbonyl (C=O) groups excluding carboxylic acids is 1. The first-order valence-electron chi connectivity index (χ1n) is 8.75. The molecule has 3 rings (SSSR count). The summed E-state index contributed by atoms with van der Waals surface area (Å²) in [6.07, 6.45) is 5.71. The van der Waals surface area contributed by atoms with Crippen LogP contribution in [0.1, 0.15) is 53.9 Å². The number of amides is 1. The predicted molar refractivity (Wildman–Crippen MR) is 102 cm³/mol. The number of aromatic nitrogens is 1. The Morgan fingerprint density at radius 3 is 2.68 bits per heavy atom. The van der Waals surface area contributed by atoms with Gasteiger partial charge < -0.3 is 10.4 Å². The van der Waals surface area contributed by atoms with E-state index in [9.17, 15) is 9.90 Å². The van der Waals surface area contributed by atoms with Crippen molar-refractivity contribution in [2.24, 2.45) is 5.92 Å². The first-order valence-corrected chi connectivity index (χ1v) is 10.0. The van der Waals surface area contributed by atoms with Crippen molar-refractivity contribution in [2.75, 3.05) is 0 Å². The van der Waals surface area contributed by atoms with Crippen molar-refractivity contribution in [3.63, 3.8) is 0 Å². The van der Waals surface area contributed by atoms with Crippen LogP contribution in [0.4, 0.5) is 0 Å². The van der Waals surface area contributed by atoms with E-state index in [1.807, 2.05) is 18.4 Å². The van der Waals surface area contributed by atoms with Gasteiger partial charge in [0.1, 0.15) is 6.23 Å². The molecule has 1 fully saturated rings. The summed E-state index contributed by atoms with van der Waals surface area (Å²) in [4.78, 5) is 17.1. The van der Waals surface area contributed by atoms with Crippen LogP contribution in [0.5, 0.6) is 0 Å². The summed E-state index contributed by atoms with van der Waals surface area (Å²) < 4.78 is 0. The summed E-state index contributed by atoms with van der Waals surface area (Å²) in [7, 11) is 0. The lowest BCUT2D eigenvalue weighted by molar-refractivity contribution is 0.0532. The number of nitrogens with zero attached hydrogens (tertiary/aromatic N) is 1. The number of halogens is 1. The lowest BCUT2D eigenvalue weighted by atomic mass is 9.98. The lowest BCUT2D eigenvalue weighted by Crippen LogP contribution is -2.40. The van der Waals surface area contributed by atoms with E-state index in [1.54, 1.807) is 23.5 Å². The lowest BCUT2D eigenvalue weighted by Gasteiger charge is -2.22. The van der Waals surface area contributed by atoms with Crippen molar-refractivity contribution in [1.29, 1.82) is 0 Å². The van der Waals surface area contributed by atoms with Gasteiger partial charge in [-0.2, -0.15) is 0 Å². The molecule has 1 aliphatic rings. The van der Waals surface area contributed by atoms with Crippen LogP contribution in [-0.4, -0.2) is 22.2 Å².